The van der Waals surface area contributed by atoms with E-state index in [1.54, 1.807) is 0 Å². The van der Waals surface area contributed by atoms with E-state index in [4.69, 9.17) is 0 Å². The second kappa shape index (κ2) is 8.16. The predicted molar refractivity (Wildman–Crippen MR) is 113 cm³/mol. The van der Waals surface area contributed by atoms with Crippen molar-refractivity contribution in [2.24, 2.45) is 0 Å². The summed E-state index contributed by atoms with van der Waals surface area (Å²) in [5, 5.41) is 46.5. The molecule has 15 heteroatoms. The molecule has 33 heavy (non-hydrogen) atoms. The van der Waals surface area contributed by atoms with Gasteiger partial charge in [0.2, 0.25) is 9.84 Å². The molecule has 0 aromatic heterocycles. The van der Waals surface area contributed by atoms with Crippen molar-refractivity contribution < 1.29 is 28.1 Å². The van der Waals surface area contributed by atoms with Crippen molar-refractivity contribution in [2.45, 2.75) is 51.3 Å². The molecule has 0 N–H and O–H groups in total. The third kappa shape index (κ3) is 3.65. The minimum atomic E-state index is -4.94. The first-order chi connectivity index (χ1) is 15.0. The standard InChI is InChI=1S/C18H18N4O10S/c1-7-13(19(23)24)9(3)17(10(4)14(7)20(25)26)33(31,32)18-11(5)15(21(27)28)8(2)16(12(18)6)22(29)30/h1-6H3. The van der Waals surface area contributed by atoms with Gasteiger partial charge >= 0.3 is 0 Å². The molecule has 0 bridgehead atoms. The van der Waals surface area contributed by atoms with Gasteiger partial charge in [-0.1, -0.05) is 0 Å². The topological polar surface area (TPSA) is 207 Å². The van der Waals surface area contributed by atoms with E-state index in [1.165, 1.54) is 0 Å². The van der Waals surface area contributed by atoms with Gasteiger partial charge in [-0.2, -0.15) is 0 Å². The van der Waals surface area contributed by atoms with Crippen molar-refractivity contribution in [1.82, 2.24) is 0 Å². The number of benzene rings is 2. The summed E-state index contributed by atoms with van der Waals surface area (Å²) >= 11 is 0. The Balaban J connectivity index is 3.26. The van der Waals surface area contributed by atoms with Crippen LogP contribution >= 0.6 is 0 Å². The van der Waals surface area contributed by atoms with E-state index in [2.05, 4.69) is 0 Å². The number of hydrogen-bond acceptors (Lipinski definition) is 10. The first-order valence-electron chi connectivity index (χ1n) is 9.10. The lowest BCUT2D eigenvalue weighted by Crippen LogP contribution is -2.16. The van der Waals surface area contributed by atoms with E-state index >= 15 is 0 Å². The van der Waals surface area contributed by atoms with Crippen molar-refractivity contribution in [1.29, 1.82) is 0 Å². The maximum absolute atomic E-state index is 13.7. The molecule has 0 heterocycles. The monoisotopic (exact) mass is 482 g/mol. The maximum Gasteiger partial charge on any atom is 0.283 e. The van der Waals surface area contributed by atoms with Gasteiger partial charge in [-0.15, -0.1) is 0 Å². The average molecular weight is 482 g/mol. The highest BCUT2D eigenvalue weighted by Gasteiger charge is 2.41. The molecule has 14 nitrogen and oxygen atoms in total. The molecular weight excluding hydrogens is 464 g/mol. The quantitative estimate of drug-likeness (QED) is 0.427. The summed E-state index contributed by atoms with van der Waals surface area (Å²) < 4.78 is 27.5. The maximum atomic E-state index is 13.7. The van der Waals surface area contributed by atoms with Crippen molar-refractivity contribution in [3.8, 4) is 0 Å². The Morgan fingerprint density at radius 1 is 0.455 bits per heavy atom. The van der Waals surface area contributed by atoms with Gasteiger partial charge in [-0.3, -0.25) is 40.5 Å². The summed E-state index contributed by atoms with van der Waals surface area (Å²) in [4.78, 5) is 41.0. The number of rotatable bonds is 6. The van der Waals surface area contributed by atoms with Crippen LogP contribution in [0.2, 0.25) is 0 Å². The van der Waals surface area contributed by atoms with Gasteiger partial charge in [0.25, 0.3) is 22.7 Å². The van der Waals surface area contributed by atoms with Gasteiger partial charge in [0.1, 0.15) is 11.1 Å². The van der Waals surface area contributed by atoms with E-state index in [0.717, 1.165) is 41.5 Å². The Morgan fingerprint density at radius 2 is 0.636 bits per heavy atom. The molecule has 2 aromatic rings. The zero-order valence-corrected chi connectivity index (χ0v) is 19.1. The second-order valence-corrected chi connectivity index (χ2v) is 9.16. The van der Waals surface area contributed by atoms with Crippen molar-refractivity contribution >= 4 is 32.6 Å². The number of sulfone groups is 1. The third-order valence-corrected chi connectivity index (χ3v) is 7.77. The molecule has 0 fully saturated rings. The molecule has 0 amide bonds. The van der Waals surface area contributed by atoms with Gasteiger partial charge in [0.05, 0.1) is 29.5 Å². The predicted octanol–water partition coefficient (Wildman–Crippen LogP) is 4.00. The molecule has 0 aliphatic heterocycles. The summed E-state index contributed by atoms with van der Waals surface area (Å²) in [6, 6.07) is 0. The molecule has 0 aliphatic rings. The Labute approximate surface area is 186 Å². The lowest BCUT2D eigenvalue weighted by atomic mass is 10.0. The highest BCUT2D eigenvalue weighted by Crippen LogP contribution is 2.46. The van der Waals surface area contributed by atoms with E-state index in [9.17, 15) is 48.9 Å². The van der Waals surface area contributed by atoms with Crippen molar-refractivity contribution in [2.75, 3.05) is 0 Å². The van der Waals surface area contributed by atoms with Gasteiger partial charge in [0, 0.05) is 22.3 Å². The average Bonchev–Trinajstić information content (AvgIpc) is 2.58. The first kappa shape index (κ1) is 25.3. The molecule has 0 unspecified atom stereocenters. The van der Waals surface area contributed by atoms with Crippen LogP contribution in [0.1, 0.15) is 33.4 Å². The van der Waals surface area contributed by atoms with E-state index < -0.39 is 84.3 Å². The van der Waals surface area contributed by atoms with Gasteiger partial charge < -0.3 is 0 Å². The zero-order valence-electron chi connectivity index (χ0n) is 18.3. The van der Waals surface area contributed by atoms with Gasteiger partial charge in [-0.05, 0) is 41.5 Å². The molecular formula is C18H18N4O10S. The van der Waals surface area contributed by atoms with Crippen LogP contribution in [0.15, 0.2) is 9.79 Å². The number of hydrogen-bond donors (Lipinski definition) is 0. The lowest BCUT2D eigenvalue weighted by Gasteiger charge is -2.17. The molecule has 2 rings (SSSR count). The smallest absolute Gasteiger partial charge is 0.258 e. The summed E-state index contributed by atoms with van der Waals surface area (Å²) in [7, 11) is -4.94. The third-order valence-electron chi connectivity index (χ3n) is 5.47. The Kier molecular flexibility index (Phi) is 6.24. The van der Waals surface area contributed by atoms with Crippen LogP contribution in [0.3, 0.4) is 0 Å². The molecule has 0 spiro atoms. The fourth-order valence-electron chi connectivity index (χ4n) is 4.35. The highest BCUT2D eigenvalue weighted by atomic mass is 32.2. The molecule has 0 radical (unpaired) electrons. The summed E-state index contributed by atoms with van der Waals surface area (Å²) in [5.74, 6) is 0. The SMILES string of the molecule is Cc1c([N+](=O)[O-])c(C)c(S(=O)(=O)c2c(C)c([N+](=O)[O-])c(C)c([N+](=O)[O-])c2C)c(C)c1[N+](=O)[O-]. The van der Waals surface area contributed by atoms with E-state index in [1.807, 2.05) is 0 Å². The molecule has 0 saturated carbocycles. The Morgan fingerprint density at radius 3 is 0.788 bits per heavy atom. The Bertz CT molecular complexity index is 1210. The van der Waals surface area contributed by atoms with Gasteiger partial charge in [-0.25, -0.2) is 8.42 Å². The number of nitro groups is 4. The second-order valence-electron chi connectivity index (χ2n) is 7.33. The van der Waals surface area contributed by atoms with Crippen LogP contribution < -0.4 is 0 Å². The van der Waals surface area contributed by atoms with E-state index in [-0.39, 0.29) is 11.1 Å². The van der Waals surface area contributed by atoms with Crippen molar-refractivity contribution in [3.05, 3.63) is 73.8 Å². The van der Waals surface area contributed by atoms with Crippen LogP contribution in [-0.4, -0.2) is 28.1 Å². The fraction of sp³-hybridized carbons (Fsp3) is 0.333. The van der Waals surface area contributed by atoms with E-state index in [0.29, 0.717) is 0 Å². The molecule has 0 atom stereocenters. The minimum Gasteiger partial charge on any atom is -0.258 e. The Hall–Kier alpha value is -4.01. The molecule has 2 aromatic carbocycles. The van der Waals surface area contributed by atoms with Gasteiger partial charge in [0.15, 0.2) is 0 Å². The van der Waals surface area contributed by atoms with Crippen LogP contribution in [0.25, 0.3) is 0 Å². The minimum absolute atomic E-state index is 0.367. The number of nitrogens with zero attached hydrogens (tertiary/aromatic N) is 4. The normalized spacial score (nSPS) is 11.3. The van der Waals surface area contributed by atoms with Crippen molar-refractivity contribution in [3.63, 3.8) is 0 Å². The highest BCUT2D eigenvalue weighted by molar-refractivity contribution is 7.91. The summed E-state index contributed by atoms with van der Waals surface area (Å²) in [6.07, 6.45) is 0. The van der Waals surface area contributed by atoms with Crippen LogP contribution in [0.5, 0.6) is 0 Å². The number of nitro benzene ring substituents is 4. The zero-order chi connectivity index (χ0) is 25.7. The molecule has 176 valence electrons. The molecule has 0 aliphatic carbocycles. The fourth-order valence-corrected chi connectivity index (χ4v) is 6.55. The van der Waals surface area contributed by atoms with Crippen LogP contribution in [0, 0.1) is 82.0 Å². The first-order valence-corrected chi connectivity index (χ1v) is 10.6. The van der Waals surface area contributed by atoms with Crippen LogP contribution in [-0.2, 0) is 9.84 Å². The largest absolute Gasteiger partial charge is 0.283 e. The summed E-state index contributed by atoms with van der Waals surface area (Å²) in [5.41, 5.74) is -5.67. The van der Waals surface area contributed by atoms with Crippen LogP contribution in [0.4, 0.5) is 22.7 Å². The lowest BCUT2D eigenvalue weighted by molar-refractivity contribution is -0.396. The summed E-state index contributed by atoms with van der Waals surface area (Å²) in [6.45, 7) is 6.52. The molecule has 0 saturated heterocycles.